The largest absolute Gasteiger partial charge is 0.443 e. The molecule has 0 bridgehead atoms. The molecule has 0 atom stereocenters. The van der Waals surface area contributed by atoms with Gasteiger partial charge in [0, 0.05) is 6.42 Å². The fourth-order valence-electron chi connectivity index (χ4n) is 1.10. The Morgan fingerprint density at radius 1 is 1.08 bits per heavy atom. The van der Waals surface area contributed by atoms with E-state index < -0.39 is 0 Å². The molecule has 0 spiro atoms. The van der Waals surface area contributed by atoms with Crippen LogP contribution in [-0.2, 0) is 4.74 Å². The van der Waals surface area contributed by atoms with Crippen LogP contribution in [0.3, 0.4) is 0 Å². The lowest BCUT2D eigenvalue weighted by molar-refractivity contribution is 0.430. The second-order valence-corrected chi connectivity index (χ2v) is 2.94. The van der Waals surface area contributed by atoms with Crippen molar-refractivity contribution < 1.29 is 4.74 Å². The summed E-state index contributed by atoms with van der Waals surface area (Å²) in [4.78, 5) is 0. The predicted molar refractivity (Wildman–Crippen MR) is 52.2 cm³/mol. The van der Waals surface area contributed by atoms with Gasteiger partial charge in [0.2, 0.25) is 0 Å². The number of ether oxygens (including phenoxy) is 1. The molecule has 0 aromatic heterocycles. The Balaban J connectivity index is 2.91. The third kappa shape index (κ3) is 9.36. The third-order valence-corrected chi connectivity index (χ3v) is 1.80. The summed E-state index contributed by atoms with van der Waals surface area (Å²) in [5.74, 6) is 2.89. The lowest BCUT2D eigenvalue weighted by Gasteiger charge is -1.96. The first-order chi connectivity index (χ1) is 5.91. The average Bonchev–Trinajstić information content (AvgIpc) is 2.10. The maximum absolute atomic E-state index is 4.38. The summed E-state index contributed by atoms with van der Waals surface area (Å²) in [6, 6.07) is 0. The van der Waals surface area contributed by atoms with Crippen molar-refractivity contribution in [3.8, 4) is 12.0 Å². The molecule has 0 saturated heterocycles. The first-order valence-electron chi connectivity index (χ1n) is 4.80. The van der Waals surface area contributed by atoms with Crippen molar-refractivity contribution in [3.05, 3.63) is 7.11 Å². The first kappa shape index (κ1) is 11.4. The van der Waals surface area contributed by atoms with Crippen LogP contribution in [0.4, 0.5) is 0 Å². The van der Waals surface area contributed by atoms with Crippen LogP contribution in [0.25, 0.3) is 0 Å². The van der Waals surface area contributed by atoms with Gasteiger partial charge in [-0.1, -0.05) is 44.9 Å². The summed E-state index contributed by atoms with van der Waals surface area (Å²) in [7, 11) is 3.17. The summed E-state index contributed by atoms with van der Waals surface area (Å²) >= 11 is 0. The highest BCUT2D eigenvalue weighted by Gasteiger charge is 1.87. The van der Waals surface area contributed by atoms with Gasteiger partial charge in [0.15, 0.2) is 0 Å². The normalized spacial score (nSPS) is 8.83. The molecule has 0 aromatic carbocycles. The van der Waals surface area contributed by atoms with E-state index in [0.29, 0.717) is 0 Å². The molecule has 0 aromatic rings. The van der Waals surface area contributed by atoms with E-state index >= 15 is 0 Å². The van der Waals surface area contributed by atoms with Crippen LogP contribution < -0.4 is 0 Å². The van der Waals surface area contributed by atoms with Crippen LogP contribution in [0.15, 0.2) is 0 Å². The van der Waals surface area contributed by atoms with Crippen molar-refractivity contribution in [2.45, 2.75) is 51.9 Å². The minimum atomic E-state index is 0.946. The van der Waals surface area contributed by atoms with Gasteiger partial charge in [-0.2, -0.15) is 0 Å². The SMILES string of the molecule is [CH2]OC#CCCCCCCCC. The molecule has 69 valence electrons. The lowest BCUT2D eigenvalue weighted by atomic mass is 10.1. The summed E-state index contributed by atoms with van der Waals surface area (Å²) in [6.45, 7) is 2.23. The Hall–Kier alpha value is -0.640. The van der Waals surface area contributed by atoms with E-state index in [-0.39, 0.29) is 0 Å². The van der Waals surface area contributed by atoms with Gasteiger partial charge < -0.3 is 4.74 Å². The zero-order valence-corrected chi connectivity index (χ0v) is 8.07. The van der Waals surface area contributed by atoms with E-state index in [2.05, 4.69) is 30.8 Å². The van der Waals surface area contributed by atoms with E-state index in [1.807, 2.05) is 0 Å². The highest BCUT2D eigenvalue weighted by molar-refractivity contribution is 4.90. The number of hydrogen-bond acceptors (Lipinski definition) is 1. The quantitative estimate of drug-likeness (QED) is 0.434. The number of rotatable bonds is 6. The van der Waals surface area contributed by atoms with E-state index in [4.69, 9.17) is 0 Å². The number of hydrogen-bond donors (Lipinski definition) is 0. The van der Waals surface area contributed by atoms with Gasteiger partial charge in [-0.25, -0.2) is 0 Å². The fourth-order valence-corrected chi connectivity index (χ4v) is 1.10. The van der Waals surface area contributed by atoms with Crippen LogP contribution in [0.5, 0.6) is 0 Å². The van der Waals surface area contributed by atoms with E-state index in [1.54, 1.807) is 0 Å². The molecule has 0 fully saturated rings. The van der Waals surface area contributed by atoms with Crippen LogP contribution in [0.2, 0.25) is 0 Å². The minimum absolute atomic E-state index is 0.946. The highest BCUT2D eigenvalue weighted by atomic mass is 16.5. The molecule has 0 heterocycles. The Morgan fingerprint density at radius 2 is 1.75 bits per heavy atom. The standard InChI is InChI=1S/C11H19O/c1-3-4-5-6-7-8-9-10-11-12-2/h2-9H2,1H3. The zero-order valence-electron chi connectivity index (χ0n) is 8.07. The Bertz CT molecular complexity index is 130. The molecule has 12 heavy (non-hydrogen) atoms. The van der Waals surface area contributed by atoms with Gasteiger partial charge in [-0.3, -0.25) is 0 Å². The van der Waals surface area contributed by atoms with Crippen molar-refractivity contribution in [3.63, 3.8) is 0 Å². The third-order valence-electron chi connectivity index (χ3n) is 1.80. The molecule has 1 nitrogen and oxygen atoms in total. The predicted octanol–water partition coefficient (Wildman–Crippen LogP) is 3.51. The fraction of sp³-hybridized carbons (Fsp3) is 0.727. The molecule has 0 aliphatic carbocycles. The van der Waals surface area contributed by atoms with Crippen molar-refractivity contribution in [2.24, 2.45) is 0 Å². The van der Waals surface area contributed by atoms with Crippen molar-refractivity contribution >= 4 is 0 Å². The van der Waals surface area contributed by atoms with Gasteiger partial charge in [-0.05, 0) is 6.42 Å². The summed E-state index contributed by atoms with van der Waals surface area (Å²) < 4.78 is 4.38. The summed E-state index contributed by atoms with van der Waals surface area (Å²) in [6.07, 6.45) is 11.3. The molecule has 0 unspecified atom stereocenters. The summed E-state index contributed by atoms with van der Waals surface area (Å²) in [5, 5.41) is 0. The Kier molecular flexibility index (Phi) is 9.81. The van der Waals surface area contributed by atoms with Gasteiger partial charge >= 0.3 is 0 Å². The van der Waals surface area contributed by atoms with Crippen molar-refractivity contribution in [1.82, 2.24) is 0 Å². The van der Waals surface area contributed by atoms with Crippen LogP contribution >= 0.6 is 0 Å². The van der Waals surface area contributed by atoms with Crippen molar-refractivity contribution in [2.75, 3.05) is 0 Å². The number of unbranched alkanes of at least 4 members (excludes halogenated alkanes) is 6. The van der Waals surface area contributed by atoms with Gasteiger partial charge in [0.05, 0.1) is 0 Å². The monoisotopic (exact) mass is 167 g/mol. The van der Waals surface area contributed by atoms with Crippen LogP contribution in [0.1, 0.15) is 51.9 Å². The van der Waals surface area contributed by atoms with E-state index in [1.165, 1.54) is 38.5 Å². The molecule has 0 rings (SSSR count). The van der Waals surface area contributed by atoms with Gasteiger partial charge in [0.25, 0.3) is 0 Å². The Labute approximate surface area is 76.5 Å². The van der Waals surface area contributed by atoms with E-state index in [0.717, 1.165) is 6.42 Å². The molecule has 1 radical (unpaired) electrons. The smallest absolute Gasteiger partial charge is 0.135 e. The molecule has 0 aliphatic rings. The van der Waals surface area contributed by atoms with Crippen molar-refractivity contribution in [1.29, 1.82) is 0 Å². The topological polar surface area (TPSA) is 9.23 Å². The maximum atomic E-state index is 4.38. The molecule has 1 heteroatoms. The average molecular weight is 167 g/mol. The lowest BCUT2D eigenvalue weighted by Crippen LogP contribution is -1.77. The van der Waals surface area contributed by atoms with E-state index in [9.17, 15) is 0 Å². The second-order valence-electron chi connectivity index (χ2n) is 2.94. The van der Waals surface area contributed by atoms with Crippen LogP contribution in [-0.4, -0.2) is 0 Å². The molecule has 0 aliphatic heterocycles. The van der Waals surface area contributed by atoms with Crippen LogP contribution in [0, 0.1) is 19.1 Å². The molecule has 0 amide bonds. The maximum Gasteiger partial charge on any atom is 0.135 e. The molecular weight excluding hydrogens is 148 g/mol. The zero-order chi connectivity index (χ0) is 9.07. The molecule has 0 saturated carbocycles. The highest BCUT2D eigenvalue weighted by Crippen LogP contribution is 2.05. The summed E-state index contributed by atoms with van der Waals surface area (Å²) in [5.41, 5.74) is 0. The molecular formula is C11H19O. The second kappa shape index (κ2) is 10.4. The van der Waals surface area contributed by atoms with Gasteiger partial charge in [0.1, 0.15) is 13.2 Å². The van der Waals surface area contributed by atoms with Gasteiger partial charge in [-0.15, -0.1) is 0 Å². The minimum Gasteiger partial charge on any atom is -0.443 e. The Morgan fingerprint density at radius 3 is 2.42 bits per heavy atom. The molecule has 0 N–H and O–H groups in total. The first-order valence-corrected chi connectivity index (χ1v) is 4.80.